The first kappa shape index (κ1) is 7.19. The molecule has 0 radical (unpaired) electrons. The van der Waals surface area contributed by atoms with E-state index in [0.29, 0.717) is 13.1 Å². The maximum Gasteiger partial charge on any atom is 0.525 e. The van der Waals surface area contributed by atoms with Crippen LogP contribution in [0.5, 0.6) is 0 Å². The van der Waals surface area contributed by atoms with Gasteiger partial charge in [-0.1, -0.05) is 0 Å². The zero-order valence-corrected chi connectivity index (χ0v) is 4.26. The number of carboxylic acid groups (broad SMARTS) is 1. The second kappa shape index (κ2) is 4.35. The molecule has 5 nitrogen and oxygen atoms in total. The molecule has 0 aromatic heterocycles. The van der Waals surface area contributed by atoms with Crippen LogP contribution in [-0.4, -0.2) is 24.4 Å². The largest absolute Gasteiger partial charge is 0.525 e. The van der Waals surface area contributed by atoms with Gasteiger partial charge in [-0.25, -0.2) is 4.79 Å². The maximum absolute atomic E-state index is 9.55. The molecule has 48 valence electrons. The number of nitrogens with two attached hydrogens (primary N) is 1. The first-order valence-corrected chi connectivity index (χ1v) is 2.10. The fourth-order valence-electron chi connectivity index (χ4n) is 0.172. The number of hydroxylamine groups is 1. The summed E-state index contributed by atoms with van der Waals surface area (Å²) in [5.74, 6) is 0. The number of carbonyl (C=O) groups is 1. The smallest absolute Gasteiger partial charge is 0.448 e. The van der Waals surface area contributed by atoms with E-state index < -0.39 is 6.16 Å². The summed E-state index contributed by atoms with van der Waals surface area (Å²) in [6.07, 6.45) is -1.35. The highest BCUT2D eigenvalue weighted by Crippen LogP contribution is 1.64. The van der Waals surface area contributed by atoms with Gasteiger partial charge in [0.05, 0.1) is 0 Å². The van der Waals surface area contributed by atoms with Crippen LogP contribution in [0, 0.1) is 0 Å². The van der Waals surface area contributed by atoms with E-state index in [0.717, 1.165) is 0 Å². The van der Waals surface area contributed by atoms with Crippen molar-refractivity contribution in [1.82, 2.24) is 5.48 Å². The van der Waals surface area contributed by atoms with Gasteiger partial charge in [-0.2, -0.15) is 0 Å². The summed E-state index contributed by atoms with van der Waals surface area (Å²) in [5, 5.41) is 7.81. The molecule has 0 saturated heterocycles. The van der Waals surface area contributed by atoms with Gasteiger partial charge in [0.25, 0.3) is 0 Å². The Bertz CT molecular complexity index is 74.9. The van der Waals surface area contributed by atoms with E-state index in [1.807, 2.05) is 0 Å². The molecule has 0 aliphatic carbocycles. The molecule has 4 N–H and O–H groups in total. The van der Waals surface area contributed by atoms with Gasteiger partial charge in [-0.05, 0) is 0 Å². The van der Waals surface area contributed by atoms with Crippen LogP contribution in [0.4, 0.5) is 4.79 Å². The van der Waals surface area contributed by atoms with Crippen molar-refractivity contribution in [3.8, 4) is 0 Å². The van der Waals surface area contributed by atoms with Crippen molar-refractivity contribution >= 4 is 6.16 Å². The van der Waals surface area contributed by atoms with Crippen LogP contribution in [0.3, 0.4) is 0 Å². The molecular formula is C3H8N2O3. The topological polar surface area (TPSA) is 84.6 Å². The molecule has 0 aromatic carbocycles. The fraction of sp³-hybridized carbons (Fsp3) is 0.667. The van der Waals surface area contributed by atoms with Gasteiger partial charge in [-0.15, -0.1) is 5.48 Å². The lowest BCUT2D eigenvalue weighted by molar-refractivity contribution is 0.0454. The van der Waals surface area contributed by atoms with E-state index in [-0.39, 0.29) is 0 Å². The molecule has 0 unspecified atom stereocenters. The first-order chi connectivity index (χ1) is 3.77. The molecule has 5 heteroatoms. The van der Waals surface area contributed by atoms with Gasteiger partial charge in [0.15, 0.2) is 0 Å². The highest BCUT2D eigenvalue weighted by Gasteiger charge is 1.91. The van der Waals surface area contributed by atoms with E-state index in [9.17, 15) is 4.79 Å². The van der Waals surface area contributed by atoms with Crippen LogP contribution in [0.25, 0.3) is 0 Å². The van der Waals surface area contributed by atoms with Crippen LogP contribution < -0.4 is 11.2 Å². The second-order valence-corrected chi connectivity index (χ2v) is 1.05. The van der Waals surface area contributed by atoms with Gasteiger partial charge in [0.1, 0.15) is 0 Å². The minimum absolute atomic E-state index is 0.340. The molecule has 0 spiro atoms. The Kier molecular flexibility index (Phi) is 3.91. The van der Waals surface area contributed by atoms with Crippen LogP contribution in [0.2, 0.25) is 0 Å². The van der Waals surface area contributed by atoms with Crippen molar-refractivity contribution in [1.29, 1.82) is 0 Å². The van der Waals surface area contributed by atoms with Gasteiger partial charge in [-0.3, -0.25) is 0 Å². The van der Waals surface area contributed by atoms with Gasteiger partial charge in [0.2, 0.25) is 0 Å². The summed E-state index contributed by atoms with van der Waals surface area (Å²) in [6.45, 7) is 0.694. The molecular weight excluding hydrogens is 112 g/mol. The Morgan fingerprint density at radius 1 is 1.88 bits per heavy atom. The average molecular weight is 120 g/mol. The minimum atomic E-state index is -1.35. The van der Waals surface area contributed by atoms with Crippen LogP contribution >= 0.6 is 0 Å². The van der Waals surface area contributed by atoms with E-state index in [1.54, 1.807) is 0 Å². The molecule has 0 saturated carbocycles. The molecule has 0 atom stereocenters. The van der Waals surface area contributed by atoms with Gasteiger partial charge < -0.3 is 15.7 Å². The predicted octanol–water partition coefficient (Wildman–Crippen LogP) is -0.856. The lowest BCUT2D eigenvalue weighted by atomic mass is 10.7. The summed E-state index contributed by atoms with van der Waals surface area (Å²) in [5.41, 5.74) is 7.09. The summed E-state index contributed by atoms with van der Waals surface area (Å²) in [4.78, 5) is 13.4. The van der Waals surface area contributed by atoms with Crippen molar-refractivity contribution in [2.24, 2.45) is 5.73 Å². The zero-order valence-electron chi connectivity index (χ0n) is 4.26. The lowest BCUT2D eigenvalue weighted by Gasteiger charge is -1.96. The fourth-order valence-corrected chi connectivity index (χ4v) is 0.172. The number of hydrogen-bond acceptors (Lipinski definition) is 4. The molecule has 0 amide bonds. The second-order valence-electron chi connectivity index (χ2n) is 1.05. The first-order valence-electron chi connectivity index (χ1n) is 2.10. The minimum Gasteiger partial charge on any atom is -0.448 e. The van der Waals surface area contributed by atoms with Gasteiger partial charge in [0, 0.05) is 13.1 Å². The quantitative estimate of drug-likeness (QED) is 0.333. The molecule has 0 heterocycles. The number of nitrogens with one attached hydrogen (secondary N) is 1. The SMILES string of the molecule is NCCNOC(=O)O. The Labute approximate surface area is 46.4 Å². The average Bonchev–Trinajstić information content (AvgIpc) is 1.66. The monoisotopic (exact) mass is 120 g/mol. The van der Waals surface area contributed by atoms with Crippen molar-refractivity contribution in [2.45, 2.75) is 0 Å². The highest BCUT2D eigenvalue weighted by atomic mass is 16.8. The molecule has 0 fully saturated rings. The van der Waals surface area contributed by atoms with Crippen molar-refractivity contribution in [3.05, 3.63) is 0 Å². The standard InChI is InChI=1S/C3H8N2O3/c4-1-2-5-8-3(6)7/h5H,1-2,4H2,(H,6,7). The Morgan fingerprint density at radius 3 is 2.88 bits per heavy atom. The molecule has 0 aliphatic heterocycles. The summed E-state index contributed by atoms with van der Waals surface area (Å²) in [7, 11) is 0. The third kappa shape index (κ3) is 5.19. The highest BCUT2D eigenvalue weighted by molar-refractivity contribution is 5.56. The molecule has 0 rings (SSSR count). The van der Waals surface area contributed by atoms with Crippen LogP contribution in [0.15, 0.2) is 0 Å². The van der Waals surface area contributed by atoms with Crippen LogP contribution in [-0.2, 0) is 4.84 Å². The molecule has 0 bridgehead atoms. The zero-order chi connectivity index (χ0) is 6.41. The van der Waals surface area contributed by atoms with E-state index in [1.165, 1.54) is 0 Å². The van der Waals surface area contributed by atoms with Crippen LogP contribution in [0.1, 0.15) is 0 Å². The predicted molar refractivity (Wildman–Crippen MR) is 26.2 cm³/mol. The third-order valence-corrected chi connectivity index (χ3v) is 0.406. The Morgan fingerprint density at radius 2 is 2.50 bits per heavy atom. The normalized spacial score (nSPS) is 8.62. The van der Waals surface area contributed by atoms with E-state index >= 15 is 0 Å². The summed E-state index contributed by atoms with van der Waals surface area (Å²) < 4.78 is 0. The lowest BCUT2D eigenvalue weighted by Crippen LogP contribution is -2.24. The van der Waals surface area contributed by atoms with Gasteiger partial charge >= 0.3 is 6.16 Å². The summed E-state index contributed by atoms with van der Waals surface area (Å²) >= 11 is 0. The van der Waals surface area contributed by atoms with E-state index in [4.69, 9.17) is 10.8 Å². The van der Waals surface area contributed by atoms with Crippen molar-refractivity contribution in [2.75, 3.05) is 13.1 Å². The third-order valence-electron chi connectivity index (χ3n) is 0.406. The number of rotatable bonds is 3. The van der Waals surface area contributed by atoms with E-state index in [2.05, 4.69) is 10.3 Å². The Balaban J connectivity index is 2.82. The number of hydrogen-bond donors (Lipinski definition) is 3. The summed E-state index contributed by atoms with van der Waals surface area (Å²) in [6, 6.07) is 0. The Hall–Kier alpha value is -0.810. The van der Waals surface area contributed by atoms with Crippen molar-refractivity contribution in [3.63, 3.8) is 0 Å². The van der Waals surface area contributed by atoms with Crippen molar-refractivity contribution < 1.29 is 14.7 Å². The maximum atomic E-state index is 9.55. The molecule has 8 heavy (non-hydrogen) atoms. The molecule has 0 aromatic rings. The molecule has 0 aliphatic rings.